The summed E-state index contributed by atoms with van der Waals surface area (Å²) in [5.74, 6) is 1.87. The molecule has 160 valence electrons. The van der Waals surface area contributed by atoms with E-state index in [1.54, 1.807) is 19.2 Å². The second kappa shape index (κ2) is 12.7. The summed E-state index contributed by atoms with van der Waals surface area (Å²) in [6.07, 6.45) is 2.00. The van der Waals surface area contributed by atoms with E-state index in [1.165, 1.54) is 0 Å². The summed E-state index contributed by atoms with van der Waals surface area (Å²) in [5, 5.41) is 6.58. The molecule has 0 unspecified atom stereocenters. The number of hydrogen-bond acceptors (Lipinski definition) is 4. The van der Waals surface area contributed by atoms with Crippen molar-refractivity contribution in [3.8, 4) is 5.75 Å². The van der Waals surface area contributed by atoms with Gasteiger partial charge in [0, 0.05) is 43.7 Å². The first-order valence-corrected chi connectivity index (χ1v) is 10.2. The van der Waals surface area contributed by atoms with Crippen molar-refractivity contribution in [1.29, 1.82) is 0 Å². The van der Waals surface area contributed by atoms with Crippen LogP contribution in [0.2, 0.25) is 0 Å². The smallest absolute Gasteiger partial charge is 0.387 e. The van der Waals surface area contributed by atoms with E-state index in [0.29, 0.717) is 18.1 Å². The fourth-order valence-corrected chi connectivity index (χ4v) is 4.37. The molecule has 28 heavy (non-hydrogen) atoms. The Morgan fingerprint density at radius 1 is 1.32 bits per heavy atom. The fourth-order valence-electron chi connectivity index (χ4n) is 3.12. The number of aliphatic imine (C=N–C) groups is 1. The molecule has 2 N–H and O–H groups in total. The van der Waals surface area contributed by atoms with Crippen molar-refractivity contribution in [1.82, 2.24) is 10.6 Å². The lowest BCUT2D eigenvalue weighted by molar-refractivity contribution is -0.0504. The van der Waals surface area contributed by atoms with E-state index in [4.69, 9.17) is 4.74 Å². The normalized spacial score (nSPS) is 16.4. The number of nitrogens with zero attached hydrogens (tertiary/aromatic N) is 1. The predicted octanol–water partition coefficient (Wildman–Crippen LogP) is 4.18. The summed E-state index contributed by atoms with van der Waals surface area (Å²) in [6.45, 7) is 3.92. The molecule has 0 amide bonds. The van der Waals surface area contributed by atoms with E-state index in [2.05, 4.69) is 27.3 Å². The van der Waals surface area contributed by atoms with Gasteiger partial charge in [0.15, 0.2) is 5.96 Å². The largest absolute Gasteiger partial charge is 0.434 e. The van der Waals surface area contributed by atoms with Gasteiger partial charge < -0.3 is 20.1 Å². The number of rotatable bonds is 8. The van der Waals surface area contributed by atoms with Crippen molar-refractivity contribution in [2.45, 2.75) is 44.6 Å². The lowest BCUT2D eigenvalue weighted by atomic mass is 9.99. The monoisotopic (exact) mass is 529 g/mol. The molecule has 5 nitrogen and oxygen atoms in total. The van der Waals surface area contributed by atoms with E-state index in [0.717, 1.165) is 43.9 Å². The molecule has 1 aliphatic heterocycles. The number of halogens is 3. The summed E-state index contributed by atoms with van der Waals surface area (Å²) < 4.78 is 35.5. The molecule has 9 heteroatoms. The number of aryl methyl sites for hydroxylation is 1. The standard InChI is InChI=1S/C19H29F2N3O2S.HI/c1-4-27-19(7-9-25-10-8-19)13-24-18(22-3)23-12-15-11-14(2)5-6-16(15)26-17(20)21;/h5-6,11,17H,4,7-10,12-13H2,1-3H3,(H2,22,23,24);1H. The van der Waals surface area contributed by atoms with Gasteiger partial charge in [-0.1, -0.05) is 24.6 Å². The molecule has 2 rings (SSSR count). The molecule has 1 saturated heterocycles. The predicted molar refractivity (Wildman–Crippen MR) is 122 cm³/mol. The number of alkyl halides is 2. The third kappa shape index (κ3) is 7.90. The van der Waals surface area contributed by atoms with Gasteiger partial charge in [0.2, 0.25) is 0 Å². The summed E-state index contributed by atoms with van der Waals surface area (Å²) in [7, 11) is 1.70. The number of ether oxygens (including phenoxy) is 2. The fraction of sp³-hybridized carbons (Fsp3) is 0.632. The van der Waals surface area contributed by atoms with Gasteiger partial charge >= 0.3 is 6.61 Å². The van der Waals surface area contributed by atoms with Gasteiger partial charge in [0.1, 0.15) is 5.75 Å². The average molecular weight is 529 g/mol. The van der Waals surface area contributed by atoms with Crippen LogP contribution in [0, 0.1) is 6.92 Å². The molecule has 0 aromatic heterocycles. The quantitative estimate of drug-likeness (QED) is 0.301. The number of benzene rings is 1. The molecule has 0 aliphatic carbocycles. The molecule has 0 bridgehead atoms. The van der Waals surface area contributed by atoms with Gasteiger partial charge in [-0.05, 0) is 31.6 Å². The van der Waals surface area contributed by atoms with Crippen LogP contribution in [0.25, 0.3) is 0 Å². The Kier molecular flexibility index (Phi) is 11.4. The van der Waals surface area contributed by atoms with E-state index in [-0.39, 0.29) is 34.5 Å². The molecular weight excluding hydrogens is 499 g/mol. The molecule has 1 fully saturated rings. The van der Waals surface area contributed by atoms with Crippen LogP contribution < -0.4 is 15.4 Å². The van der Waals surface area contributed by atoms with E-state index < -0.39 is 6.61 Å². The highest BCUT2D eigenvalue weighted by molar-refractivity contribution is 14.0. The highest BCUT2D eigenvalue weighted by atomic mass is 127. The van der Waals surface area contributed by atoms with Gasteiger partial charge in [-0.3, -0.25) is 4.99 Å². The van der Waals surface area contributed by atoms with E-state index in [9.17, 15) is 8.78 Å². The van der Waals surface area contributed by atoms with Crippen LogP contribution >= 0.6 is 35.7 Å². The van der Waals surface area contributed by atoms with Crippen LogP contribution in [-0.2, 0) is 11.3 Å². The van der Waals surface area contributed by atoms with Crippen molar-refractivity contribution in [2.24, 2.45) is 4.99 Å². The Labute approximate surface area is 187 Å². The molecule has 0 saturated carbocycles. The Bertz CT molecular complexity index is 624. The Hall–Kier alpha value is -0.810. The van der Waals surface area contributed by atoms with Gasteiger partial charge in [-0.2, -0.15) is 20.5 Å². The molecule has 1 heterocycles. The van der Waals surface area contributed by atoms with Crippen LogP contribution in [0.1, 0.15) is 30.9 Å². The van der Waals surface area contributed by atoms with Crippen molar-refractivity contribution in [2.75, 3.05) is 32.6 Å². The molecular formula is C19H30F2IN3O2S. The van der Waals surface area contributed by atoms with Crippen LogP contribution in [0.3, 0.4) is 0 Å². The zero-order valence-electron chi connectivity index (χ0n) is 16.6. The number of hydrogen-bond donors (Lipinski definition) is 2. The topological polar surface area (TPSA) is 54.9 Å². The SMILES string of the molecule is CCSC1(CNC(=NC)NCc2cc(C)ccc2OC(F)F)CCOCC1.I. The Morgan fingerprint density at radius 2 is 2.04 bits per heavy atom. The second-order valence-corrected chi connectivity index (χ2v) is 8.23. The number of guanidine groups is 1. The first-order chi connectivity index (χ1) is 13.0. The maximum absolute atomic E-state index is 12.6. The number of nitrogens with one attached hydrogen (secondary N) is 2. The Balaban J connectivity index is 0.00000392. The van der Waals surface area contributed by atoms with Crippen LogP contribution in [-0.4, -0.2) is 49.9 Å². The van der Waals surface area contributed by atoms with Gasteiger partial charge in [0.25, 0.3) is 0 Å². The van der Waals surface area contributed by atoms with Crippen LogP contribution in [0.15, 0.2) is 23.2 Å². The highest BCUT2D eigenvalue weighted by Gasteiger charge is 2.32. The van der Waals surface area contributed by atoms with E-state index >= 15 is 0 Å². The summed E-state index contributed by atoms with van der Waals surface area (Å²) in [6, 6.07) is 5.17. The van der Waals surface area contributed by atoms with Crippen molar-refractivity contribution in [3.63, 3.8) is 0 Å². The van der Waals surface area contributed by atoms with Crippen LogP contribution in [0.4, 0.5) is 8.78 Å². The van der Waals surface area contributed by atoms with Gasteiger partial charge in [-0.25, -0.2) is 0 Å². The second-order valence-electron chi connectivity index (χ2n) is 6.50. The highest BCUT2D eigenvalue weighted by Crippen LogP contribution is 2.34. The minimum absolute atomic E-state index is 0. The first kappa shape index (κ1) is 25.2. The molecule has 1 aliphatic rings. The maximum Gasteiger partial charge on any atom is 0.387 e. The minimum Gasteiger partial charge on any atom is -0.434 e. The summed E-state index contributed by atoms with van der Waals surface area (Å²) in [4.78, 5) is 4.26. The minimum atomic E-state index is -2.84. The van der Waals surface area contributed by atoms with Crippen molar-refractivity contribution >= 4 is 41.7 Å². The first-order valence-electron chi connectivity index (χ1n) is 9.18. The summed E-state index contributed by atoms with van der Waals surface area (Å²) >= 11 is 1.95. The van der Waals surface area contributed by atoms with Crippen LogP contribution in [0.5, 0.6) is 5.75 Å². The molecule has 0 radical (unpaired) electrons. The van der Waals surface area contributed by atoms with Gasteiger partial charge in [0.05, 0.1) is 0 Å². The number of thioether (sulfide) groups is 1. The molecule has 0 spiro atoms. The zero-order chi connectivity index (χ0) is 19.7. The Morgan fingerprint density at radius 3 is 2.64 bits per heavy atom. The van der Waals surface area contributed by atoms with Crippen molar-refractivity contribution < 1.29 is 18.3 Å². The summed E-state index contributed by atoms with van der Waals surface area (Å²) in [5.41, 5.74) is 1.65. The molecule has 0 atom stereocenters. The average Bonchev–Trinajstić information content (AvgIpc) is 2.64. The molecule has 1 aromatic rings. The third-order valence-electron chi connectivity index (χ3n) is 4.53. The van der Waals surface area contributed by atoms with Gasteiger partial charge in [-0.15, -0.1) is 24.0 Å². The third-order valence-corrected chi connectivity index (χ3v) is 5.99. The maximum atomic E-state index is 12.6. The van der Waals surface area contributed by atoms with Crippen molar-refractivity contribution in [3.05, 3.63) is 29.3 Å². The van der Waals surface area contributed by atoms with E-state index in [1.807, 2.05) is 24.8 Å². The lowest BCUT2D eigenvalue weighted by Crippen LogP contribution is -2.48. The zero-order valence-corrected chi connectivity index (χ0v) is 19.7. The molecule has 1 aromatic carbocycles. The lowest BCUT2D eigenvalue weighted by Gasteiger charge is -2.37.